The van der Waals surface area contributed by atoms with Gasteiger partial charge in [0.2, 0.25) is 11.8 Å². The van der Waals surface area contributed by atoms with Crippen LogP contribution >= 0.6 is 11.6 Å². The number of aryl methyl sites for hydroxylation is 1. The SMILES string of the molecule is Cc1cc(Cl)ccc1NC(=O)N[C@H]1C[C@H]2C(=O)N[C@@H]([C@@H](C)O)C(=O)N2C1. The van der Waals surface area contributed by atoms with E-state index in [1.165, 1.54) is 11.8 Å². The van der Waals surface area contributed by atoms with Gasteiger partial charge in [0.1, 0.15) is 12.1 Å². The molecule has 26 heavy (non-hydrogen) atoms. The molecule has 2 fully saturated rings. The highest BCUT2D eigenvalue weighted by molar-refractivity contribution is 6.30. The minimum atomic E-state index is -0.976. The van der Waals surface area contributed by atoms with Crippen LogP contribution in [0.3, 0.4) is 0 Å². The molecule has 0 saturated carbocycles. The first kappa shape index (κ1) is 18.5. The number of nitrogens with one attached hydrogen (secondary N) is 3. The predicted octanol–water partition coefficient (Wildman–Crippen LogP) is 0.619. The Balaban J connectivity index is 1.63. The summed E-state index contributed by atoms with van der Waals surface area (Å²) in [7, 11) is 0. The van der Waals surface area contributed by atoms with Gasteiger partial charge in [-0.3, -0.25) is 9.59 Å². The van der Waals surface area contributed by atoms with E-state index < -0.39 is 24.2 Å². The van der Waals surface area contributed by atoms with E-state index in [1.807, 2.05) is 6.92 Å². The number of rotatable bonds is 3. The molecule has 1 aromatic rings. The van der Waals surface area contributed by atoms with Crippen LogP contribution in [0.25, 0.3) is 0 Å². The predicted molar refractivity (Wildman–Crippen MR) is 95.9 cm³/mol. The molecule has 140 valence electrons. The number of benzene rings is 1. The molecule has 1 aromatic carbocycles. The first-order chi connectivity index (χ1) is 12.3. The normalized spacial score (nSPS) is 26.2. The lowest BCUT2D eigenvalue weighted by atomic mass is 10.0. The molecule has 9 heteroatoms. The topological polar surface area (TPSA) is 111 Å². The van der Waals surface area contributed by atoms with Gasteiger partial charge in [-0.1, -0.05) is 11.6 Å². The van der Waals surface area contributed by atoms with E-state index in [4.69, 9.17) is 11.6 Å². The molecular weight excluding hydrogens is 360 g/mol. The molecule has 4 atom stereocenters. The number of hydrogen-bond acceptors (Lipinski definition) is 4. The van der Waals surface area contributed by atoms with Gasteiger partial charge in [0.25, 0.3) is 0 Å². The Kier molecular flexibility index (Phi) is 5.06. The highest BCUT2D eigenvalue weighted by atomic mass is 35.5. The highest BCUT2D eigenvalue weighted by Gasteiger charge is 2.47. The van der Waals surface area contributed by atoms with Crippen molar-refractivity contribution in [2.24, 2.45) is 0 Å². The lowest BCUT2D eigenvalue weighted by Crippen LogP contribution is -2.64. The van der Waals surface area contributed by atoms with Crippen molar-refractivity contribution in [3.05, 3.63) is 28.8 Å². The third-order valence-electron chi connectivity index (χ3n) is 4.70. The van der Waals surface area contributed by atoms with E-state index in [0.29, 0.717) is 17.1 Å². The Morgan fingerprint density at radius 3 is 2.81 bits per heavy atom. The van der Waals surface area contributed by atoms with Crippen LogP contribution in [0, 0.1) is 6.92 Å². The molecule has 0 aliphatic carbocycles. The molecule has 0 spiro atoms. The molecule has 8 nitrogen and oxygen atoms in total. The first-order valence-electron chi connectivity index (χ1n) is 8.39. The lowest BCUT2D eigenvalue weighted by Gasteiger charge is -2.35. The summed E-state index contributed by atoms with van der Waals surface area (Å²) in [5.41, 5.74) is 1.46. The number of fused-ring (bicyclic) bond motifs is 1. The Morgan fingerprint density at radius 2 is 2.15 bits per heavy atom. The molecular formula is C17H21ClN4O4. The Labute approximate surface area is 155 Å². The molecule has 4 amide bonds. The number of carbonyl (C=O) groups is 3. The minimum absolute atomic E-state index is 0.229. The summed E-state index contributed by atoms with van der Waals surface area (Å²) in [6.45, 7) is 3.51. The number of anilines is 1. The number of urea groups is 1. The number of aliphatic hydroxyl groups is 1. The Hall–Kier alpha value is -2.32. The number of hydrogen-bond donors (Lipinski definition) is 4. The lowest BCUT2D eigenvalue weighted by molar-refractivity contribution is -0.149. The molecule has 2 heterocycles. The van der Waals surface area contributed by atoms with Gasteiger partial charge in [0.15, 0.2) is 0 Å². The molecule has 0 bridgehead atoms. The molecule has 2 aliphatic rings. The number of carbonyl (C=O) groups excluding carboxylic acids is 3. The summed E-state index contributed by atoms with van der Waals surface area (Å²) in [6, 6.07) is 2.79. The monoisotopic (exact) mass is 380 g/mol. The van der Waals surface area contributed by atoms with E-state index in [9.17, 15) is 19.5 Å². The average molecular weight is 381 g/mol. The van der Waals surface area contributed by atoms with Crippen LogP contribution in [0.15, 0.2) is 18.2 Å². The molecule has 2 aliphatic heterocycles. The van der Waals surface area contributed by atoms with Crippen LogP contribution in [-0.4, -0.2) is 58.6 Å². The minimum Gasteiger partial charge on any atom is -0.391 e. The summed E-state index contributed by atoms with van der Waals surface area (Å²) >= 11 is 5.90. The first-order valence-corrected chi connectivity index (χ1v) is 8.76. The van der Waals surface area contributed by atoms with Gasteiger partial charge >= 0.3 is 6.03 Å². The maximum absolute atomic E-state index is 12.4. The quantitative estimate of drug-likeness (QED) is 0.616. The summed E-state index contributed by atoms with van der Waals surface area (Å²) in [4.78, 5) is 38.3. The highest BCUT2D eigenvalue weighted by Crippen LogP contribution is 2.24. The zero-order valence-electron chi connectivity index (χ0n) is 14.5. The number of aliphatic hydroxyl groups excluding tert-OH is 1. The van der Waals surface area contributed by atoms with Crippen molar-refractivity contribution in [3.8, 4) is 0 Å². The fourth-order valence-electron chi connectivity index (χ4n) is 3.36. The maximum Gasteiger partial charge on any atom is 0.319 e. The smallest absolute Gasteiger partial charge is 0.319 e. The van der Waals surface area contributed by atoms with Gasteiger partial charge in [-0.15, -0.1) is 0 Å². The zero-order valence-corrected chi connectivity index (χ0v) is 15.2. The van der Waals surface area contributed by atoms with E-state index in [0.717, 1.165) is 5.56 Å². The van der Waals surface area contributed by atoms with Crippen LogP contribution in [-0.2, 0) is 9.59 Å². The van der Waals surface area contributed by atoms with Gasteiger partial charge in [-0.25, -0.2) is 4.79 Å². The van der Waals surface area contributed by atoms with Crippen molar-refractivity contribution < 1.29 is 19.5 Å². The Bertz CT molecular complexity index is 754. The largest absolute Gasteiger partial charge is 0.391 e. The van der Waals surface area contributed by atoms with Crippen molar-refractivity contribution in [1.29, 1.82) is 0 Å². The summed E-state index contributed by atoms with van der Waals surface area (Å²) < 4.78 is 0. The van der Waals surface area contributed by atoms with Gasteiger partial charge in [-0.2, -0.15) is 0 Å². The van der Waals surface area contributed by atoms with Crippen LogP contribution in [0.5, 0.6) is 0 Å². The number of nitrogens with zero attached hydrogens (tertiary/aromatic N) is 1. The van der Waals surface area contributed by atoms with E-state index in [1.54, 1.807) is 18.2 Å². The van der Waals surface area contributed by atoms with Crippen molar-refractivity contribution >= 4 is 35.1 Å². The standard InChI is InChI=1S/C17H21ClN4O4/c1-8-5-10(18)3-4-12(8)20-17(26)19-11-6-13-15(24)21-14(9(2)23)16(25)22(13)7-11/h3-5,9,11,13-14,23H,6-7H2,1-2H3,(H,21,24)(H2,19,20,26)/t9-,11+,13+,14+/m1/s1. The van der Waals surface area contributed by atoms with Crippen LogP contribution in [0.4, 0.5) is 10.5 Å². The van der Waals surface area contributed by atoms with Gasteiger partial charge in [0.05, 0.1) is 12.1 Å². The van der Waals surface area contributed by atoms with Crippen molar-refractivity contribution in [1.82, 2.24) is 15.5 Å². The summed E-state index contributed by atoms with van der Waals surface area (Å²) in [5, 5.41) is 18.3. The molecule has 0 unspecified atom stereocenters. The van der Waals surface area contributed by atoms with Gasteiger partial charge in [-0.05, 0) is 44.0 Å². The van der Waals surface area contributed by atoms with Crippen LogP contribution < -0.4 is 16.0 Å². The van der Waals surface area contributed by atoms with Crippen molar-refractivity contribution in [3.63, 3.8) is 0 Å². The Morgan fingerprint density at radius 1 is 1.42 bits per heavy atom. The van der Waals surface area contributed by atoms with Crippen molar-refractivity contribution in [2.75, 3.05) is 11.9 Å². The third-order valence-corrected chi connectivity index (χ3v) is 4.94. The van der Waals surface area contributed by atoms with E-state index >= 15 is 0 Å². The molecule has 0 radical (unpaired) electrons. The second-order valence-electron chi connectivity index (χ2n) is 6.72. The maximum atomic E-state index is 12.4. The second kappa shape index (κ2) is 7.13. The third kappa shape index (κ3) is 3.61. The molecule has 2 saturated heterocycles. The van der Waals surface area contributed by atoms with Crippen molar-refractivity contribution in [2.45, 2.75) is 44.5 Å². The average Bonchev–Trinajstić information content (AvgIpc) is 2.98. The van der Waals surface area contributed by atoms with Crippen LogP contribution in [0.1, 0.15) is 18.9 Å². The molecule has 0 aromatic heterocycles. The van der Waals surface area contributed by atoms with E-state index in [2.05, 4.69) is 16.0 Å². The van der Waals surface area contributed by atoms with Gasteiger partial charge < -0.3 is 26.0 Å². The fourth-order valence-corrected chi connectivity index (χ4v) is 3.59. The van der Waals surface area contributed by atoms with Gasteiger partial charge in [0, 0.05) is 17.3 Å². The summed E-state index contributed by atoms with van der Waals surface area (Å²) in [5.74, 6) is -0.642. The van der Waals surface area contributed by atoms with Crippen LogP contribution in [0.2, 0.25) is 5.02 Å². The molecule has 4 N–H and O–H groups in total. The number of piperazine rings is 1. The fraction of sp³-hybridized carbons (Fsp3) is 0.471. The molecule has 3 rings (SSSR count). The number of halogens is 1. The summed E-state index contributed by atoms with van der Waals surface area (Å²) in [6.07, 6.45) is -0.646. The second-order valence-corrected chi connectivity index (χ2v) is 7.16. The number of amides is 4. The zero-order chi connectivity index (χ0) is 19.0. The van der Waals surface area contributed by atoms with E-state index in [-0.39, 0.29) is 24.4 Å².